The van der Waals surface area contributed by atoms with E-state index in [9.17, 15) is 21.6 Å². The summed E-state index contributed by atoms with van der Waals surface area (Å²) >= 11 is 0. The van der Waals surface area contributed by atoms with Crippen LogP contribution in [0.15, 0.2) is 0 Å². The van der Waals surface area contributed by atoms with E-state index in [0.29, 0.717) is 0 Å². The van der Waals surface area contributed by atoms with Crippen molar-refractivity contribution < 1.29 is 34.5 Å². The Balaban J connectivity index is 0. The van der Waals surface area contributed by atoms with Crippen molar-refractivity contribution in [1.82, 2.24) is 0 Å². The highest BCUT2D eigenvalue weighted by Gasteiger charge is 2.36. The Labute approximate surface area is 111 Å². The molecular weight excluding hydrogens is 333 g/mol. The van der Waals surface area contributed by atoms with Crippen LogP contribution in [0.4, 0.5) is 21.6 Å². The largest absolute Gasteiger partial charge is 0.741 e. The van der Waals surface area contributed by atoms with Crippen molar-refractivity contribution in [2.75, 3.05) is 19.0 Å². The van der Waals surface area contributed by atoms with Gasteiger partial charge in [0.25, 0.3) is 0 Å². The molecular formula is C8H13F5O3P2S. The van der Waals surface area contributed by atoms with Crippen LogP contribution in [0.3, 0.4) is 0 Å². The van der Waals surface area contributed by atoms with Crippen LogP contribution in [-0.4, -0.2) is 37.5 Å². The van der Waals surface area contributed by atoms with Gasteiger partial charge in [-0.15, -0.1) is 0 Å². The summed E-state index contributed by atoms with van der Waals surface area (Å²) in [7, 11) is -10.4. The number of hydrogen-bond donors (Lipinski definition) is 0. The van der Waals surface area contributed by atoms with Gasteiger partial charge in [0.2, 0.25) is 0 Å². The number of rotatable bonds is 2. The summed E-state index contributed by atoms with van der Waals surface area (Å²) in [6.45, 7) is 6.06. The molecule has 0 radical (unpaired) electrons. The van der Waals surface area contributed by atoms with Gasteiger partial charge in [0, 0.05) is 5.66 Å². The normalized spacial score (nSPS) is 12.3. The molecule has 0 aromatic heterocycles. The van der Waals surface area contributed by atoms with Crippen molar-refractivity contribution in [2.45, 2.75) is 19.4 Å². The molecule has 114 valence electrons. The fraction of sp³-hybridized carbons (Fsp3) is 0.750. The van der Waals surface area contributed by atoms with E-state index in [-0.39, 0.29) is 0 Å². The van der Waals surface area contributed by atoms with Gasteiger partial charge in [0.1, 0.15) is 0 Å². The molecule has 0 aromatic carbocycles. The first-order valence-electron chi connectivity index (χ1n) is 4.80. The Bertz CT molecular complexity index is 420. The molecule has 0 heterocycles. The monoisotopic (exact) mass is 346 g/mol. The molecule has 0 rings (SSSR count). The molecule has 0 amide bonds. The number of halogens is 5. The molecule has 0 aliphatic carbocycles. The van der Waals surface area contributed by atoms with Crippen LogP contribution in [0.25, 0.3) is 0 Å². The maximum absolute atomic E-state index is 11.7. The molecule has 11 heteroatoms. The Hall–Kier alpha value is -0.0200. The first-order valence-corrected chi connectivity index (χ1v) is 9.94. The van der Waals surface area contributed by atoms with Crippen LogP contribution in [0.5, 0.6) is 0 Å². The van der Waals surface area contributed by atoms with Crippen LogP contribution in [0.1, 0.15) is 13.8 Å². The quantitative estimate of drug-likeness (QED) is 0.251. The Kier molecular flexibility index (Phi) is 9.31. The molecule has 0 fully saturated rings. The first kappa shape index (κ1) is 21.3. The lowest BCUT2D eigenvalue weighted by atomic mass is 11.0. The molecule has 3 nitrogen and oxygen atoms in total. The van der Waals surface area contributed by atoms with Crippen molar-refractivity contribution in [2.24, 2.45) is 0 Å². The molecule has 0 spiro atoms. The van der Waals surface area contributed by atoms with Crippen LogP contribution in [0, 0.1) is 11.3 Å². The zero-order valence-electron chi connectivity index (χ0n) is 10.3. The number of alkyl halides is 3. The average Bonchev–Trinajstić information content (AvgIpc) is 2.24. The molecule has 0 unspecified atom stereocenters. The Morgan fingerprint density at radius 1 is 1.21 bits per heavy atom. The third-order valence-corrected chi connectivity index (χ3v) is 6.55. The second-order valence-corrected chi connectivity index (χ2v) is 9.73. The Morgan fingerprint density at radius 3 is 1.68 bits per heavy atom. The minimum Gasteiger partial charge on any atom is -0.741 e. The van der Waals surface area contributed by atoms with E-state index >= 15 is 0 Å². The second-order valence-electron chi connectivity index (χ2n) is 3.38. The van der Waals surface area contributed by atoms with E-state index in [1.54, 1.807) is 0 Å². The van der Waals surface area contributed by atoms with Gasteiger partial charge in [-0.3, -0.25) is 0 Å². The van der Waals surface area contributed by atoms with Gasteiger partial charge in [0.15, 0.2) is 10.1 Å². The minimum absolute atomic E-state index is 0.944. The fourth-order valence-corrected chi connectivity index (χ4v) is 2.57. The highest BCUT2D eigenvalue weighted by molar-refractivity contribution is 7.86. The Morgan fingerprint density at radius 2 is 1.53 bits per heavy atom. The van der Waals surface area contributed by atoms with Gasteiger partial charge in [-0.25, -0.2) is 8.42 Å². The summed E-state index contributed by atoms with van der Waals surface area (Å²) in [5.41, 5.74) is -0.892. The van der Waals surface area contributed by atoms with E-state index in [1.807, 2.05) is 26.2 Å². The van der Waals surface area contributed by atoms with Crippen LogP contribution >= 0.6 is 15.8 Å². The summed E-state index contributed by atoms with van der Waals surface area (Å²) in [6.07, 6.45) is 1.89. The smallest absolute Gasteiger partial charge is 0.485 e. The highest BCUT2D eigenvalue weighted by Crippen LogP contribution is 2.54. The van der Waals surface area contributed by atoms with Gasteiger partial charge in [0.05, 0.1) is 31.9 Å². The third kappa shape index (κ3) is 10.4. The molecule has 0 saturated carbocycles. The topological polar surface area (TPSA) is 57.2 Å². The average molecular weight is 346 g/mol. The summed E-state index contributed by atoms with van der Waals surface area (Å²) in [5.74, 6) is 0. The van der Waals surface area contributed by atoms with E-state index in [1.165, 1.54) is 0 Å². The SMILES string of the molecule is CC[P+](C)(C#CP(F)F)CC.O=S(=O)([O-])C(F)(F)F. The van der Waals surface area contributed by atoms with Crippen molar-refractivity contribution >= 4 is 25.9 Å². The fourth-order valence-electron chi connectivity index (χ4n) is 0.540. The van der Waals surface area contributed by atoms with Gasteiger partial charge in [-0.05, 0) is 13.8 Å². The maximum Gasteiger partial charge on any atom is 0.485 e. The molecule has 0 aliphatic rings. The lowest BCUT2D eigenvalue weighted by molar-refractivity contribution is -0.0517. The summed E-state index contributed by atoms with van der Waals surface area (Å²) in [4.78, 5) is 0. The van der Waals surface area contributed by atoms with Crippen molar-refractivity contribution in [3.63, 3.8) is 0 Å². The molecule has 0 N–H and O–H groups in total. The lowest BCUT2D eigenvalue weighted by Gasteiger charge is -2.09. The molecule has 0 aliphatic heterocycles. The summed E-state index contributed by atoms with van der Waals surface area (Å²) < 4.78 is 82.4. The second kappa shape index (κ2) is 8.31. The van der Waals surface area contributed by atoms with E-state index in [0.717, 1.165) is 12.3 Å². The van der Waals surface area contributed by atoms with Crippen LogP contribution in [0.2, 0.25) is 0 Å². The maximum atomic E-state index is 11.7. The number of hydrogen-bond acceptors (Lipinski definition) is 3. The zero-order valence-corrected chi connectivity index (χ0v) is 12.9. The lowest BCUT2D eigenvalue weighted by Crippen LogP contribution is -2.21. The van der Waals surface area contributed by atoms with Gasteiger partial charge < -0.3 is 4.55 Å². The standard InChI is InChI=1S/C7H13F2P2.CHF3O3S/c1-4-11(3,5-2)7-6-10(8)9;2-1(3,4)8(5,6)7/h4-5H2,1-3H3;(H,5,6,7)/q+1;/p-1. The molecule has 0 bridgehead atoms. The van der Waals surface area contributed by atoms with Gasteiger partial charge in [-0.1, -0.05) is 0 Å². The predicted molar refractivity (Wildman–Crippen MR) is 66.6 cm³/mol. The molecule has 19 heavy (non-hydrogen) atoms. The first-order chi connectivity index (χ1) is 8.29. The molecule has 0 aromatic rings. The third-order valence-electron chi connectivity index (χ3n) is 2.08. The van der Waals surface area contributed by atoms with Crippen molar-refractivity contribution in [3.8, 4) is 11.3 Å². The summed E-state index contributed by atoms with van der Waals surface area (Å²) in [5, 5.41) is 0. The zero-order chi connectivity index (χ0) is 15.9. The summed E-state index contributed by atoms with van der Waals surface area (Å²) in [6, 6.07) is 0. The van der Waals surface area contributed by atoms with Gasteiger partial charge in [-0.2, -0.15) is 21.6 Å². The molecule has 0 saturated heterocycles. The van der Waals surface area contributed by atoms with Crippen molar-refractivity contribution in [3.05, 3.63) is 0 Å². The highest BCUT2D eigenvalue weighted by atomic mass is 32.2. The van der Waals surface area contributed by atoms with Crippen LogP contribution in [-0.2, 0) is 10.1 Å². The van der Waals surface area contributed by atoms with E-state index in [4.69, 9.17) is 13.0 Å². The minimum atomic E-state index is -6.09. The predicted octanol–water partition coefficient (Wildman–Crippen LogP) is 3.89. The van der Waals surface area contributed by atoms with Crippen LogP contribution < -0.4 is 0 Å². The van der Waals surface area contributed by atoms with E-state index < -0.39 is 31.4 Å². The van der Waals surface area contributed by atoms with Crippen molar-refractivity contribution in [1.29, 1.82) is 0 Å². The van der Waals surface area contributed by atoms with E-state index in [2.05, 4.69) is 5.66 Å². The van der Waals surface area contributed by atoms with Gasteiger partial charge >= 0.3 is 14.1 Å². The molecule has 0 atom stereocenters.